The topological polar surface area (TPSA) is 95.9 Å². The number of rotatable bonds is 11. The zero-order valence-electron chi connectivity index (χ0n) is 19.9. The fourth-order valence-electron chi connectivity index (χ4n) is 4.66. The number of alkyl halides is 2. The summed E-state index contributed by atoms with van der Waals surface area (Å²) in [5.41, 5.74) is 0.847. The molecule has 1 aliphatic heterocycles. The molecule has 1 saturated carbocycles. The van der Waals surface area contributed by atoms with Crippen molar-refractivity contribution in [1.82, 2.24) is 9.62 Å². The molecule has 1 aliphatic carbocycles. The van der Waals surface area contributed by atoms with Gasteiger partial charge in [0, 0.05) is 25.4 Å². The van der Waals surface area contributed by atoms with E-state index in [1.807, 2.05) is 13.8 Å². The lowest BCUT2D eigenvalue weighted by molar-refractivity contribution is -0.140. The number of nitrogens with one attached hydrogen (secondary N) is 1. The van der Waals surface area contributed by atoms with Gasteiger partial charge in [0.2, 0.25) is 15.9 Å². The Labute approximate surface area is 200 Å². The smallest absolute Gasteiger partial charge is 0.322 e. The van der Waals surface area contributed by atoms with Gasteiger partial charge in [0.15, 0.2) is 0 Å². The molecule has 10 heteroatoms. The van der Waals surface area contributed by atoms with Crippen molar-refractivity contribution in [3.63, 3.8) is 0 Å². The zero-order valence-corrected chi connectivity index (χ0v) is 20.8. The molecular formula is C24H36F2N2O5S. The molecule has 0 spiro atoms. The summed E-state index contributed by atoms with van der Waals surface area (Å²) in [6, 6.07) is 3.93. The lowest BCUT2D eigenvalue weighted by atomic mass is 9.92. The van der Waals surface area contributed by atoms with E-state index in [9.17, 15) is 27.1 Å². The molecule has 0 bridgehead atoms. The maximum atomic E-state index is 13.3. The second-order valence-corrected chi connectivity index (χ2v) is 11.6. The number of carboxylic acid groups (broad SMARTS) is 1. The molecule has 0 unspecified atom stereocenters. The van der Waals surface area contributed by atoms with Crippen LogP contribution in [0.2, 0.25) is 0 Å². The minimum absolute atomic E-state index is 0.00535. The molecule has 1 aromatic rings. The van der Waals surface area contributed by atoms with Gasteiger partial charge in [-0.3, -0.25) is 4.79 Å². The van der Waals surface area contributed by atoms with E-state index in [4.69, 9.17) is 4.74 Å². The highest BCUT2D eigenvalue weighted by Crippen LogP contribution is 2.34. The molecule has 2 atom stereocenters. The first-order chi connectivity index (χ1) is 16.0. The summed E-state index contributed by atoms with van der Waals surface area (Å²) in [5.74, 6) is -3.26. The van der Waals surface area contributed by atoms with Gasteiger partial charge in [-0.25, -0.2) is 17.2 Å². The van der Waals surface area contributed by atoms with E-state index in [2.05, 4.69) is 5.32 Å². The monoisotopic (exact) mass is 502 g/mol. The van der Waals surface area contributed by atoms with E-state index in [0.717, 1.165) is 29.3 Å². The van der Waals surface area contributed by atoms with E-state index in [1.165, 1.54) is 6.07 Å². The molecule has 7 nitrogen and oxygen atoms in total. The van der Waals surface area contributed by atoms with Crippen LogP contribution in [0.3, 0.4) is 0 Å². The number of nitrogens with zero attached hydrogens (tertiary/aromatic N) is 1. The average Bonchev–Trinajstić information content (AvgIpc) is 3.27. The number of aliphatic carboxylic acids is 1. The average molecular weight is 503 g/mol. The van der Waals surface area contributed by atoms with Crippen molar-refractivity contribution in [2.24, 2.45) is 5.92 Å². The quantitative estimate of drug-likeness (QED) is 0.441. The maximum absolute atomic E-state index is 13.3. The minimum Gasteiger partial charge on any atom is -0.492 e. The number of benzene rings is 1. The molecule has 1 aromatic carbocycles. The van der Waals surface area contributed by atoms with Crippen LogP contribution in [0.1, 0.15) is 63.9 Å². The Hall–Kier alpha value is -1.78. The molecule has 1 heterocycles. The third-order valence-corrected chi connectivity index (χ3v) is 8.67. The van der Waals surface area contributed by atoms with Gasteiger partial charge < -0.3 is 15.2 Å². The standard InChI is InChI=1S/C24H36F2N2O5S/c1-17-7-8-22(34(31,32)28-14-4-6-20(28)23(29)30)21(15-17)33-16-18(2)5-3-13-27-19-9-11-24(25,26)12-10-19/h7-8,15,18-20,27H,3-6,9-14,16H2,1-2H3,(H,29,30)/t18-,20+/m1/s1. The first-order valence-corrected chi connectivity index (χ1v) is 13.5. The van der Waals surface area contributed by atoms with E-state index in [0.29, 0.717) is 32.3 Å². The maximum Gasteiger partial charge on any atom is 0.322 e. The highest BCUT2D eigenvalue weighted by atomic mass is 32.2. The number of halogens is 2. The van der Waals surface area contributed by atoms with E-state index >= 15 is 0 Å². The van der Waals surface area contributed by atoms with Crippen molar-refractivity contribution in [3.8, 4) is 5.75 Å². The van der Waals surface area contributed by atoms with Crippen LogP contribution in [-0.2, 0) is 14.8 Å². The number of aryl methyl sites for hydroxylation is 1. The molecule has 0 aromatic heterocycles. The zero-order chi connectivity index (χ0) is 24.9. The Bertz CT molecular complexity index is 947. The van der Waals surface area contributed by atoms with Crippen molar-refractivity contribution >= 4 is 16.0 Å². The molecular weight excluding hydrogens is 466 g/mol. The Morgan fingerprint density at radius 1 is 1.29 bits per heavy atom. The molecule has 34 heavy (non-hydrogen) atoms. The van der Waals surface area contributed by atoms with Crippen LogP contribution >= 0.6 is 0 Å². The highest BCUT2D eigenvalue weighted by molar-refractivity contribution is 7.89. The van der Waals surface area contributed by atoms with Crippen LogP contribution < -0.4 is 10.1 Å². The summed E-state index contributed by atoms with van der Waals surface area (Å²) < 4.78 is 60.0. The summed E-state index contributed by atoms with van der Waals surface area (Å²) in [6.45, 7) is 5.11. The van der Waals surface area contributed by atoms with Crippen molar-refractivity contribution in [1.29, 1.82) is 0 Å². The summed E-state index contributed by atoms with van der Waals surface area (Å²) >= 11 is 0. The first kappa shape index (κ1) is 26.8. The van der Waals surface area contributed by atoms with Crippen LogP contribution in [0.15, 0.2) is 23.1 Å². The number of hydrogen-bond acceptors (Lipinski definition) is 5. The molecule has 1 saturated heterocycles. The van der Waals surface area contributed by atoms with Crippen molar-refractivity contribution < 1.29 is 31.8 Å². The van der Waals surface area contributed by atoms with Gasteiger partial charge in [0.25, 0.3) is 0 Å². The van der Waals surface area contributed by atoms with Gasteiger partial charge >= 0.3 is 5.97 Å². The summed E-state index contributed by atoms with van der Waals surface area (Å²) in [5, 5.41) is 12.8. The highest BCUT2D eigenvalue weighted by Gasteiger charge is 2.40. The van der Waals surface area contributed by atoms with Crippen LogP contribution in [0.25, 0.3) is 0 Å². The first-order valence-electron chi connectivity index (χ1n) is 12.1. The van der Waals surface area contributed by atoms with Gasteiger partial charge in [-0.1, -0.05) is 13.0 Å². The Kier molecular flexibility index (Phi) is 8.92. The Balaban J connectivity index is 1.52. The SMILES string of the molecule is Cc1ccc(S(=O)(=O)N2CCC[C@H]2C(=O)O)c(OC[C@H](C)CCCNC2CCC(F)(F)CC2)c1. The van der Waals surface area contributed by atoms with Crippen LogP contribution in [0, 0.1) is 12.8 Å². The van der Waals surface area contributed by atoms with Gasteiger partial charge in [-0.2, -0.15) is 4.31 Å². The molecule has 0 radical (unpaired) electrons. The van der Waals surface area contributed by atoms with Crippen LogP contribution in [-0.4, -0.2) is 61.5 Å². The molecule has 2 N–H and O–H groups in total. The largest absolute Gasteiger partial charge is 0.492 e. The molecule has 3 rings (SSSR count). The third-order valence-electron chi connectivity index (χ3n) is 6.72. The number of sulfonamides is 1. The Morgan fingerprint density at radius 2 is 2.00 bits per heavy atom. The molecule has 2 aliphatic rings. The summed E-state index contributed by atoms with van der Waals surface area (Å²) in [4.78, 5) is 11.5. The van der Waals surface area contributed by atoms with Crippen LogP contribution in [0.5, 0.6) is 5.75 Å². The van der Waals surface area contributed by atoms with Crippen molar-refractivity contribution in [3.05, 3.63) is 23.8 Å². The van der Waals surface area contributed by atoms with E-state index in [1.54, 1.807) is 12.1 Å². The lowest BCUT2D eigenvalue weighted by Gasteiger charge is -2.29. The number of hydrogen-bond donors (Lipinski definition) is 2. The van der Waals surface area contributed by atoms with E-state index in [-0.39, 0.29) is 42.0 Å². The van der Waals surface area contributed by atoms with Gasteiger partial charge in [-0.05, 0) is 75.6 Å². The van der Waals surface area contributed by atoms with Crippen molar-refractivity contribution in [2.45, 2.75) is 88.1 Å². The summed E-state index contributed by atoms with van der Waals surface area (Å²) in [7, 11) is -4.01. The predicted octanol–water partition coefficient (Wildman–Crippen LogP) is 4.20. The third kappa shape index (κ3) is 6.88. The van der Waals surface area contributed by atoms with E-state index < -0.39 is 28.0 Å². The summed E-state index contributed by atoms with van der Waals surface area (Å²) in [6.07, 6.45) is 3.40. The fraction of sp³-hybridized carbons (Fsp3) is 0.708. The number of ether oxygens (including phenoxy) is 1. The predicted molar refractivity (Wildman–Crippen MR) is 125 cm³/mol. The normalized spacial score (nSPS) is 22.5. The van der Waals surface area contributed by atoms with Gasteiger partial charge in [0.05, 0.1) is 6.61 Å². The molecule has 0 amide bonds. The number of carboxylic acids is 1. The minimum atomic E-state index is -4.01. The Morgan fingerprint density at radius 3 is 2.68 bits per heavy atom. The van der Waals surface area contributed by atoms with Gasteiger partial charge in [-0.15, -0.1) is 0 Å². The number of carbonyl (C=O) groups is 1. The molecule has 2 fully saturated rings. The van der Waals surface area contributed by atoms with Crippen LogP contribution in [0.4, 0.5) is 8.78 Å². The molecule has 192 valence electrons. The van der Waals surface area contributed by atoms with Gasteiger partial charge in [0.1, 0.15) is 16.7 Å². The van der Waals surface area contributed by atoms with Crippen molar-refractivity contribution in [2.75, 3.05) is 19.7 Å². The lowest BCUT2D eigenvalue weighted by Crippen LogP contribution is -2.40. The fourth-order valence-corrected chi connectivity index (χ4v) is 6.42. The second-order valence-electron chi connectivity index (χ2n) is 9.70. The second kappa shape index (κ2) is 11.3.